The first-order valence-corrected chi connectivity index (χ1v) is 4.85. The Morgan fingerprint density at radius 2 is 1.93 bits per heavy atom. The summed E-state index contributed by atoms with van der Waals surface area (Å²) >= 11 is 11.2. The monoisotopic (exact) mass is 255 g/mol. The van der Waals surface area contributed by atoms with E-state index in [-0.39, 0.29) is 15.6 Å². The molecule has 2 nitrogen and oxygen atoms in total. The molecule has 0 amide bonds. The Morgan fingerprint density at radius 3 is 2.40 bits per heavy atom. The summed E-state index contributed by atoms with van der Waals surface area (Å²) in [5.41, 5.74) is 4.83. The van der Waals surface area contributed by atoms with E-state index in [1.807, 2.05) is 0 Å². The molecule has 1 atom stereocenters. The molecule has 1 aromatic rings. The van der Waals surface area contributed by atoms with Crippen molar-refractivity contribution in [3.63, 3.8) is 0 Å². The average Bonchev–Trinajstić information content (AvgIpc) is 2.21. The van der Waals surface area contributed by atoms with Crippen molar-refractivity contribution < 1.29 is 13.9 Å². The van der Waals surface area contributed by atoms with Crippen LogP contribution in [0.2, 0.25) is 10.0 Å². The molecule has 0 saturated carbocycles. The molecule has 0 aliphatic heterocycles. The summed E-state index contributed by atoms with van der Waals surface area (Å²) in [6.07, 6.45) is -1.97. The van der Waals surface area contributed by atoms with Gasteiger partial charge in [0, 0.05) is 0 Å². The van der Waals surface area contributed by atoms with Gasteiger partial charge in [0.15, 0.2) is 0 Å². The van der Waals surface area contributed by atoms with E-state index >= 15 is 0 Å². The molecule has 0 bridgehead atoms. The van der Waals surface area contributed by atoms with E-state index in [2.05, 4.69) is 0 Å². The predicted octanol–water partition coefficient (Wildman–Crippen LogP) is 2.62. The number of aliphatic hydroxyl groups is 1. The predicted molar refractivity (Wildman–Crippen MR) is 55.4 cm³/mol. The normalized spacial score (nSPS) is 14.0. The minimum atomic E-state index is -3.38. The minimum absolute atomic E-state index is 0.0140. The molecule has 0 spiro atoms. The van der Waals surface area contributed by atoms with Crippen LogP contribution in [0.1, 0.15) is 11.7 Å². The summed E-state index contributed by atoms with van der Waals surface area (Å²) in [5, 5.41) is 9.68. The Hall–Kier alpha value is -0.420. The van der Waals surface area contributed by atoms with Gasteiger partial charge in [0.25, 0.3) is 5.92 Å². The van der Waals surface area contributed by atoms with Crippen LogP contribution >= 0.6 is 23.2 Å². The van der Waals surface area contributed by atoms with Crippen molar-refractivity contribution in [2.24, 2.45) is 5.73 Å². The van der Waals surface area contributed by atoms with Gasteiger partial charge < -0.3 is 10.8 Å². The first kappa shape index (κ1) is 12.6. The van der Waals surface area contributed by atoms with Crippen LogP contribution in [0.25, 0.3) is 0 Å². The van der Waals surface area contributed by atoms with Crippen LogP contribution in [0.15, 0.2) is 18.2 Å². The van der Waals surface area contributed by atoms with E-state index in [4.69, 9.17) is 28.9 Å². The largest absolute Gasteiger partial charge is 0.382 e. The second-order valence-corrected chi connectivity index (χ2v) is 3.86. The van der Waals surface area contributed by atoms with Gasteiger partial charge in [0.1, 0.15) is 6.10 Å². The van der Waals surface area contributed by atoms with Crippen LogP contribution < -0.4 is 5.73 Å². The zero-order chi connectivity index (χ0) is 11.6. The lowest BCUT2D eigenvalue weighted by Gasteiger charge is -2.21. The molecule has 1 rings (SSSR count). The second kappa shape index (κ2) is 4.61. The fraction of sp³-hybridized carbons (Fsp3) is 0.333. The molecule has 15 heavy (non-hydrogen) atoms. The van der Waals surface area contributed by atoms with Gasteiger partial charge in [-0.05, 0) is 17.7 Å². The highest BCUT2D eigenvalue weighted by Gasteiger charge is 2.37. The third-order valence-corrected chi connectivity index (χ3v) is 2.67. The van der Waals surface area contributed by atoms with Crippen LogP contribution in [0.5, 0.6) is 0 Å². The van der Waals surface area contributed by atoms with Crippen molar-refractivity contribution in [2.75, 3.05) is 6.54 Å². The molecular weight excluding hydrogens is 247 g/mol. The van der Waals surface area contributed by atoms with Crippen LogP contribution in [0, 0.1) is 0 Å². The Bertz CT molecular complexity index is 360. The molecule has 84 valence electrons. The molecule has 0 fully saturated rings. The van der Waals surface area contributed by atoms with E-state index < -0.39 is 18.6 Å². The van der Waals surface area contributed by atoms with E-state index in [1.165, 1.54) is 18.2 Å². The molecule has 3 N–H and O–H groups in total. The number of benzene rings is 1. The van der Waals surface area contributed by atoms with Crippen molar-refractivity contribution in [2.45, 2.75) is 12.0 Å². The highest BCUT2D eigenvalue weighted by atomic mass is 35.5. The highest BCUT2D eigenvalue weighted by Crippen LogP contribution is 2.33. The molecule has 0 radical (unpaired) electrons. The zero-order valence-corrected chi connectivity index (χ0v) is 9.06. The van der Waals surface area contributed by atoms with E-state index in [0.29, 0.717) is 0 Å². The number of hydrogen-bond donors (Lipinski definition) is 2. The number of aliphatic hydroxyl groups excluding tert-OH is 1. The topological polar surface area (TPSA) is 46.2 Å². The molecule has 1 aromatic carbocycles. The van der Waals surface area contributed by atoms with Gasteiger partial charge in [-0.1, -0.05) is 29.3 Å². The summed E-state index contributed by atoms with van der Waals surface area (Å²) in [4.78, 5) is 0. The Labute approximate surface area is 95.6 Å². The van der Waals surface area contributed by atoms with Gasteiger partial charge in [-0.2, -0.15) is 0 Å². The van der Waals surface area contributed by atoms with Gasteiger partial charge in [-0.15, -0.1) is 0 Å². The summed E-state index contributed by atoms with van der Waals surface area (Å²) in [6.45, 7) is -0.936. The maximum Gasteiger partial charge on any atom is 0.289 e. The average molecular weight is 256 g/mol. The molecule has 6 heteroatoms. The number of rotatable bonds is 3. The Kier molecular flexibility index (Phi) is 3.89. The first-order valence-electron chi connectivity index (χ1n) is 4.09. The first-order chi connectivity index (χ1) is 6.88. The van der Waals surface area contributed by atoms with E-state index in [1.54, 1.807) is 0 Å². The summed E-state index contributed by atoms with van der Waals surface area (Å²) in [5.74, 6) is -3.38. The van der Waals surface area contributed by atoms with Crippen molar-refractivity contribution in [3.8, 4) is 0 Å². The number of halogens is 4. The van der Waals surface area contributed by atoms with Crippen molar-refractivity contribution in [1.29, 1.82) is 0 Å². The lowest BCUT2D eigenvalue weighted by atomic mass is 10.0. The van der Waals surface area contributed by atoms with Crippen LogP contribution in [0.4, 0.5) is 8.78 Å². The number of nitrogens with two attached hydrogens (primary N) is 1. The SMILES string of the molecule is NCC(F)(F)C(O)c1ccc(Cl)c(Cl)c1. The fourth-order valence-electron chi connectivity index (χ4n) is 1.04. The fourth-order valence-corrected chi connectivity index (χ4v) is 1.34. The molecule has 0 heterocycles. The van der Waals surface area contributed by atoms with Gasteiger partial charge >= 0.3 is 0 Å². The number of alkyl halides is 2. The molecule has 0 saturated heterocycles. The quantitative estimate of drug-likeness (QED) is 0.873. The number of hydrogen-bond acceptors (Lipinski definition) is 2. The summed E-state index contributed by atoms with van der Waals surface area (Å²) in [7, 11) is 0. The summed E-state index contributed by atoms with van der Waals surface area (Å²) < 4.78 is 26.0. The Morgan fingerprint density at radius 1 is 1.33 bits per heavy atom. The second-order valence-electron chi connectivity index (χ2n) is 3.04. The van der Waals surface area contributed by atoms with Crippen molar-refractivity contribution in [3.05, 3.63) is 33.8 Å². The van der Waals surface area contributed by atoms with Gasteiger partial charge in [0.05, 0.1) is 16.6 Å². The zero-order valence-electron chi connectivity index (χ0n) is 7.55. The standard InChI is InChI=1S/C9H9Cl2F2NO/c10-6-2-1-5(3-7(6)11)8(15)9(12,13)4-14/h1-3,8,15H,4,14H2. The van der Waals surface area contributed by atoms with E-state index in [0.717, 1.165) is 0 Å². The maximum absolute atomic E-state index is 13.0. The maximum atomic E-state index is 13.0. The summed E-state index contributed by atoms with van der Waals surface area (Å²) in [6, 6.07) is 3.82. The minimum Gasteiger partial charge on any atom is -0.382 e. The third-order valence-electron chi connectivity index (χ3n) is 1.93. The van der Waals surface area contributed by atoms with Crippen LogP contribution in [-0.4, -0.2) is 17.6 Å². The molecule has 0 aliphatic carbocycles. The smallest absolute Gasteiger partial charge is 0.289 e. The highest BCUT2D eigenvalue weighted by molar-refractivity contribution is 6.42. The van der Waals surface area contributed by atoms with Gasteiger partial charge in [-0.25, -0.2) is 8.78 Å². The third kappa shape index (κ3) is 2.78. The molecule has 1 unspecified atom stereocenters. The van der Waals surface area contributed by atoms with Crippen molar-refractivity contribution in [1.82, 2.24) is 0 Å². The van der Waals surface area contributed by atoms with Crippen molar-refractivity contribution >= 4 is 23.2 Å². The molecule has 0 aromatic heterocycles. The van der Waals surface area contributed by atoms with Crippen LogP contribution in [-0.2, 0) is 0 Å². The van der Waals surface area contributed by atoms with Gasteiger partial charge in [0.2, 0.25) is 0 Å². The van der Waals surface area contributed by atoms with Crippen LogP contribution in [0.3, 0.4) is 0 Å². The lowest BCUT2D eigenvalue weighted by molar-refractivity contribution is -0.102. The van der Waals surface area contributed by atoms with Gasteiger partial charge in [-0.3, -0.25) is 0 Å². The Balaban J connectivity index is 3.02. The van der Waals surface area contributed by atoms with E-state index in [9.17, 15) is 13.9 Å². The molecular formula is C9H9Cl2F2NO. The molecule has 0 aliphatic rings. The lowest BCUT2D eigenvalue weighted by Crippen LogP contribution is -2.34.